The lowest BCUT2D eigenvalue weighted by molar-refractivity contribution is -0.122. The number of carbonyl (C=O) groups excluding carboxylic acids is 1. The summed E-state index contributed by atoms with van der Waals surface area (Å²) in [6.45, 7) is 16.5. The molecule has 1 aliphatic carbocycles. The van der Waals surface area contributed by atoms with Crippen molar-refractivity contribution >= 4 is 5.91 Å². The number of unbranched alkanes of at least 4 members (excludes halogenated alkanes) is 1. The van der Waals surface area contributed by atoms with Gasteiger partial charge in [0.2, 0.25) is 5.91 Å². The summed E-state index contributed by atoms with van der Waals surface area (Å²) in [5, 5.41) is 17.6. The molecule has 0 saturated heterocycles. The number of amides is 1. The normalized spacial score (nSPS) is 19.0. The van der Waals surface area contributed by atoms with Gasteiger partial charge >= 0.3 is 0 Å². The third-order valence-electron chi connectivity index (χ3n) is 5.94. The number of fused-ring (bicyclic) bond motifs is 1. The van der Waals surface area contributed by atoms with Crippen LogP contribution < -0.4 is 15.4 Å². The van der Waals surface area contributed by atoms with Gasteiger partial charge in [-0.15, -0.1) is 13.2 Å². The smallest absolute Gasteiger partial charge is 0.220 e. The first kappa shape index (κ1) is 28.1. The van der Waals surface area contributed by atoms with Crippen molar-refractivity contribution < 1.29 is 19.4 Å². The van der Waals surface area contributed by atoms with Crippen LogP contribution in [0, 0.1) is 5.92 Å². The molecule has 34 heavy (non-hydrogen) atoms. The molecule has 6 heteroatoms. The van der Waals surface area contributed by atoms with E-state index in [1.807, 2.05) is 26.0 Å². The van der Waals surface area contributed by atoms with Crippen molar-refractivity contribution in [1.82, 2.24) is 10.6 Å². The third kappa shape index (κ3) is 8.90. The summed E-state index contributed by atoms with van der Waals surface area (Å²) in [6.07, 6.45) is 6.44. The molecule has 0 bridgehead atoms. The fourth-order valence-electron chi connectivity index (χ4n) is 4.41. The Kier molecular flexibility index (Phi) is 11.8. The number of hydrogen-bond acceptors (Lipinski definition) is 5. The van der Waals surface area contributed by atoms with Gasteiger partial charge < -0.3 is 25.2 Å². The number of aliphatic hydroxyl groups is 1. The Morgan fingerprint density at radius 3 is 2.62 bits per heavy atom. The van der Waals surface area contributed by atoms with E-state index in [1.165, 1.54) is 0 Å². The SMILES string of the molecule is C=CCCCC(=O)N[C@@H](CC(C)C)[C@H](O)CN[C@H]1C[C@@H](OCC=C)c2ccc(OC(C)C)cc21. The summed E-state index contributed by atoms with van der Waals surface area (Å²) >= 11 is 0. The minimum absolute atomic E-state index is 0.0221. The molecule has 0 heterocycles. The average Bonchev–Trinajstić information content (AvgIpc) is 3.11. The van der Waals surface area contributed by atoms with Crippen molar-refractivity contribution in [3.63, 3.8) is 0 Å². The summed E-state index contributed by atoms with van der Waals surface area (Å²) in [4.78, 5) is 12.4. The van der Waals surface area contributed by atoms with Crippen LogP contribution in [0.3, 0.4) is 0 Å². The second kappa shape index (κ2) is 14.3. The highest BCUT2D eigenvalue weighted by atomic mass is 16.5. The van der Waals surface area contributed by atoms with Crippen LogP contribution >= 0.6 is 0 Å². The van der Waals surface area contributed by atoms with Crippen LogP contribution in [0.2, 0.25) is 0 Å². The van der Waals surface area contributed by atoms with Crippen LogP contribution in [0.1, 0.15) is 83.1 Å². The van der Waals surface area contributed by atoms with Crippen LogP contribution in [0.4, 0.5) is 0 Å². The number of benzene rings is 1. The Balaban J connectivity index is 2.07. The zero-order chi connectivity index (χ0) is 25.1. The molecule has 1 amide bonds. The van der Waals surface area contributed by atoms with E-state index in [2.05, 4.69) is 49.8 Å². The van der Waals surface area contributed by atoms with E-state index in [1.54, 1.807) is 6.08 Å². The van der Waals surface area contributed by atoms with Gasteiger partial charge in [0.1, 0.15) is 5.75 Å². The molecule has 1 aromatic carbocycles. The van der Waals surface area contributed by atoms with E-state index in [0.717, 1.165) is 42.6 Å². The van der Waals surface area contributed by atoms with E-state index in [4.69, 9.17) is 9.47 Å². The van der Waals surface area contributed by atoms with Gasteiger partial charge in [0, 0.05) is 19.0 Å². The molecule has 0 spiro atoms. The fourth-order valence-corrected chi connectivity index (χ4v) is 4.41. The molecule has 1 aliphatic rings. The highest BCUT2D eigenvalue weighted by Crippen LogP contribution is 2.42. The van der Waals surface area contributed by atoms with Gasteiger partial charge in [-0.05, 0) is 68.7 Å². The second-order valence-corrected chi connectivity index (χ2v) is 9.82. The minimum atomic E-state index is -0.697. The van der Waals surface area contributed by atoms with Gasteiger partial charge in [0.05, 0.1) is 31.0 Å². The number of nitrogens with one attached hydrogen (secondary N) is 2. The first-order valence-electron chi connectivity index (χ1n) is 12.6. The summed E-state index contributed by atoms with van der Waals surface area (Å²) in [6, 6.07) is 5.86. The van der Waals surface area contributed by atoms with Gasteiger partial charge in [0.15, 0.2) is 0 Å². The van der Waals surface area contributed by atoms with Gasteiger partial charge in [-0.2, -0.15) is 0 Å². The predicted molar refractivity (Wildman–Crippen MR) is 138 cm³/mol. The lowest BCUT2D eigenvalue weighted by atomic mass is 9.98. The van der Waals surface area contributed by atoms with E-state index in [9.17, 15) is 9.90 Å². The molecular weight excluding hydrogens is 428 g/mol. The number of ether oxygens (including phenoxy) is 2. The van der Waals surface area contributed by atoms with Crippen molar-refractivity contribution in [2.24, 2.45) is 5.92 Å². The van der Waals surface area contributed by atoms with Crippen molar-refractivity contribution in [2.75, 3.05) is 13.2 Å². The van der Waals surface area contributed by atoms with Gasteiger partial charge in [-0.1, -0.05) is 32.1 Å². The molecule has 0 saturated carbocycles. The topological polar surface area (TPSA) is 79.8 Å². The van der Waals surface area contributed by atoms with Gasteiger partial charge in [-0.25, -0.2) is 0 Å². The second-order valence-electron chi connectivity index (χ2n) is 9.82. The van der Waals surface area contributed by atoms with Crippen LogP contribution in [0.5, 0.6) is 5.75 Å². The monoisotopic (exact) mass is 472 g/mol. The molecule has 6 nitrogen and oxygen atoms in total. The van der Waals surface area contributed by atoms with Gasteiger partial charge in [-0.3, -0.25) is 4.79 Å². The molecule has 3 N–H and O–H groups in total. The Hall–Kier alpha value is -2.15. The molecule has 0 aromatic heterocycles. The van der Waals surface area contributed by atoms with E-state index < -0.39 is 6.10 Å². The standard InChI is InChI=1S/C28H44N2O4/c1-7-9-10-11-28(32)30-25(15-19(3)4)26(31)18-29-24-17-27(33-14-8-2)22-13-12-21(16-23(22)24)34-20(5)6/h7-8,12-13,16,19-20,24-27,29,31H,1-2,9-11,14-15,17-18H2,3-6H3,(H,30,32)/t24-,25-,26+,27+/m0/s1. The van der Waals surface area contributed by atoms with Crippen LogP contribution in [-0.4, -0.2) is 42.4 Å². The largest absolute Gasteiger partial charge is 0.491 e. The maximum absolute atomic E-state index is 12.4. The maximum Gasteiger partial charge on any atom is 0.220 e. The lowest BCUT2D eigenvalue weighted by Crippen LogP contribution is -2.48. The zero-order valence-corrected chi connectivity index (χ0v) is 21.4. The quantitative estimate of drug-likeness (QED) is 0.233. The lowest BCUT2D eigenvalue weighted by Gasteiger charge is -2.27. The molecule has 2 rings (SSSR count). The summed E-state index contributed by atoms with van der Waals surface area (Å²) in [5.41, 5.74) is 2.27. The van der Waals surface area contributed by atoms with Crippen molar-refractivity contribution in [3.8, 4) is 5.75 Å². The van der Waals surface area contributed by atoms with Crippen molar-refractivity contribution in [3.05, 3.63) is 54.6 Å². The fraction of sp³-hybridized carbons (Fsp3) is 0.607. The van der Waals surface area contributed by atoms with Crippen molar-refractivity contribution in [2.45, 2.75) is 90.2 Å². The Morgan fingerprint density at radius 2 is 1.97 bits per heavy atom. The molecule has 190 valence electrons. The number of allylic oxidation sites excluding steroid dienone is 1. The first-order chi connectivity index (χ1) is 16.2. The van der Waals surface area contributed by atoms with E-state index in [-0.39, 0.29) is 30.2 Å². The highest BCUT2D eigenvalue weighted by Gasteiger charge is 2.33. The number of hydrogen-bond donors (Lipinski definition) is 3. The highest BCUT2D eigenvalue weighted by molar-refractivity contribution is 5.76. The Morgan fingerprint density at radius 1 is 1.21 bits per heavy atom. The molecule has 4 atom stereocenters. The van der Waals surface area contributed by atoms with Crippen LogP contribution in [0.25, 0.3) is 0 Å². The summed E-state index contributed by atoms with van der Waals surface area (Å²) in [5.74, 6) is 1.16. The Labute approximate surface area is 205 Å². The molecule has 0 aliphatic heterocycles. The van der Waals surface area contributed by atoms with Crippen LogP contribution in [0.15, 0.2) is 43.5 Å². The van der Waals surface area contributed by atoms with E-state index >= 15 is 0 Å². The van der Waals surface area contributed by atoms with E-state index in [0.29, 0.717) is 25.5 Å². The van der Waals surface area contributed by atoms with Crippen LogP contribution in [-0.2, 0) is 9.53 Å². The summed E-state index contributed by atoms with van der Waals surface area (Å²) < 4.78 is 11.9. The first-order valence-corrected chi connectivity index (χ1v) is 12.6. The third-order valence-corrected chi connectivity index (χ3v) is 5.94. The number of rotatable bonds is 16. The van der Waals surface area contributed by atoms with Gasteiger partial charge in [0.25, 0.3) is 0 Å². The molecule has 0 unspecified atom stereocenters. The molecular formula is C28H44N2O4. The molecule has 1 aromatic rings. The minimum Gasteiger partial charge on any atom is -0.491 e. The average molecular weight is 473 g/mol. The van der Waals surface area contributed by atoms with Crippen molar-refractivity contribution in [1.29, 1.82) is 0 Å². The molecule has 0 radical (unpaired) electrons. The maximum atomic E-state index is 12.4. The number of carbonyl (C=O) groups is 1. The number of aliphatic hydroxyl groups excluding tert-OH is 1. The Bertz CT molecular complexity index is 793. The zero-order valence-electron chi connectivity index (χ0n) is 21.4. The molecule has 0 fully saturated rings. The predicted octanol–water partition coefficient (Wildman–Crippen LogP) is 5.00. The summed E-state index contributed by atoms with van der Waals surface area (Å²) in [7, 11) is 0.